The second-order valence-electron chi connectivity index (χ2n) is 8.32. The molecule has 0 aliphatic carbocycles. The standard InChI is InChI=1S/C24H26F2N4O2/c25-24(26)30-21-7-2-1-6-20(21)27-22(30)18-4-3-5-19(16-18)28-10-8-17(9-11-28)23(31)29-12-14-32-15-13-29/h1-7,16-17,24H,8-15H2. The molecule has 6 nitrogen and oxygen atoms in total. The summed E-state index contributed by atoms with van der Waals surface area (Å²) in [6, 6.07) is 14.6. The third-order valence-electron chi connectivity index (χ3n) is 6.43. The molecule has 0 spiro atoms. The fourth-order valence-electron chi connectivity index (χ4n) is 4.71. The van der Waals surface area contributed by atoms with Gasteiger partial charge in [-0.2, -0.15) is 8.78 Å². The van der Waals surface area contributed by atoms with Gasteiger partial charge in [0, 0.05) is 43.3 Å². The number of alkyl halides is 2. The Bertz CT molecular complexity index is 1100. The molecular weight excluding hydrogens is 414 g/mol. The van der Waals surface area contributed by atoms with Crippen LogP contribution in [-0.2, 0) is 9.53 Å². The van der Waals surface area contributed by atoms with Crippen molar-refractivity contribution in [3.05, 3.63) is 48.5 Å². The van der Waals surface area contributed by atoms with Gasteiger partial charge < -0.3 is 14.5 Å². The van der Waals surface area contributed by atoms with Crippen LogP contribution in [0.4, 0.5) is 14.5 Å². The minimum atomic E-state index is -2.68. The molecule has 0 unspecified atom stereocenters. The molecule has 0 radical (unpaired) electrons. The molecule has 2 fully saturated rings. The number of halogens is 2. The van der Waals surface area contributed by atoms with Gasteiger partial charge in [-0.1, -0.05) is 24.3 Å². The number of fused-ring (bicyclic) bond motifs is 1. The van der Waals surface area contributed by atoms with Crippen molar-refractivity contribution in [1.29, 1.82) is 0 Å². The molecule has 0 N–H and O–H groups in total. The highest BCUT2D eigenvalue weighted by Gasteiger charge is 2.29. The van der Waals surface area contributed by atoms with Gasteiger partial charge in [-0.15, -0.1) is 0 Å². The van der Waals surface area contributed by atoms with E-state index in [1.165, 1.54) is 0 Å². The summed E-state index contributed by atoms with van der Waals surface area (Å²) in [6.45, 7) is 1.41. The van der Waals surface area contributed by atoms with Crippen molar-refractivity contribution in [3.63, 3.8) is 0 Å². The molecule has 0 bridgehead atoms. The van der Waals surface area contributed by atoms with Crippen molar-refractivity contribution in [2.24, 2.45) is 5.92 Å². The molecule has 3 aromatic rings. The lowest BCUT2D eigenvalue weighted by atomic mass is 9.94. The molecule has 1 amide bonds. The van der Waals surface area contributed by atoms with Crippen LogP contribution in [-0.4, -0.2) is 59.8 Å². The zero-order valence-corrected chi connectivity index (χ0v) is 17.8. The predicted octanol–water partition coefficient (Wildman–Crippen LogP) is 4.17. The van der Waals surface area contributed by atoms with E-state index in [0.717, 1.165) is 36.2 Å². The maximum absolute atomic E-state index is 13.9. The molecule has 32 heavy (non-hydrogen) atoms. The van der Waals surface area contributed by atoms with E-state index in [0.29, 0.717) is 42.9 Å². The number of hydrogen-bond donors (Lipinski definition) is 0. The van der Waals surface area contributed by atoms with Gasteiger partial charge in [0.05, 0.1) is 24.2 Å². The lowest BCUT2D eigenvalue weighted by molar-refractivity contribution is -0.140. The number of rotatable bonds is 4. The van der Waals surface area contributed by atoms with Crippen molar-refractivity contribution in [2.75, 3.05) is 44.3 Å². The quantitative estimate of drug-likeness (QED) is 0.611. The Morgan fingerprint density at radius 1 is 1.00 bits per heavy atom. The summed E-state index contributed by atoms with van der Waals surface area (Å²) in [5.74, 6) is 0.531. The van der Waals surface area contributed by atoms with E-state index in [2.05, 4.69) is 9.88 Å². The average Bonchev–Trinajstić information content (AvgIpc) is 3.24. The number of para-hydroxylation sites is 2. The number of carbonyl (C=O) groups is 1. The van der Waals surface area contributed by atoms with Crippen LogP contribution in [0.25, 0.3) is 22.4 Å². The topological polar surface area (TPSA) is 50.6 Å². The molecular formula is C24H26F2N4O2. The van der Waals surface area contributed by atoms with E-state index < -0.39 is 6.55 Å². The fourth-order valence-corrected chi connectivity index (χ4v) is 4.71. The smallest absolute Gasteiger partial charge is 0.320 e. The SMILES string of the molecule is O=C(C1CCN(c2cccc(-c3nc4ccccc4n3C(F)F)c2)CC1)N1CCOCC1. The number of anilines is 1. The lowest BCUT2D eigenvalue weighted by Gasteiger charge is -2.36. The highest BCUT2D eigenvalue weighted by molar-refractivity contribution is 5.81. The maximum Gasteiger partial charge on any atom is 0.320 e. The molecule has 8 heteroatoms. The number of aromatic nitrogens is 2. The molecule has 5 rings (SSSR count). The van der Waals surface area contributed by atoms with Gasteiger partial charge in [0.1, 0.15) is 5.82 Å². The van der Waals surface area contributed by atoms with Crippen molar-refractivity contribution in [3.8, 4) is 11.4 Å². The van der Waals surface area contributed by atoms with E-state index in [-0.39, 0.29) is 17.6 Å². The van der Waals surface area contributed by atoms with Crippen LogP contribution in [0.2, 0.25) is 0 Å². The molecule has 168 valence electrons. The van der Waals surface area contributed by atoms with Crippen LogP contribution in [0.1, 0.15) is 19.4 Å². The number of piperidine rings is 1. The van der Waals surface area contributed by atoms with E-state index in [1.54, 1.807) is 24.3 Å². The van der Waals surface area contributed by atoms with Crippen molar-refractivity contribution < 1.29 is 18.3 Å². The van der Waals surface area contributed by atoms with E-state index in [1.807, 2.05) is 29.2 Å². The van der Waals surface area contributed by atoms with E-state index in [4.69, 9.17) is 4.74 Å². The van der Waals surface area contributed by atoms with E-state index >= 15 is 0 Å². The number of carbonyl (C=O) groups excluding carboxylic acids is 1. The third-order valence-corrected chi connectivity index (χ3v) is 6.43. The molecule has 0 atom stereocenters. The normalized spacial score (nSPS) is 18.0. The van der Waals surface area contributed by atoms with Gasteiger partial charge in [-0.05, 0) is 37.1 Å². The Morgan fingerprint density at radius 3 is 2.50 bits per heavy atom. The Labute approximate surface area is 185 Å². The summed E-state index contributed by atoms with van der Waals surface area (Å²) >= 11 is 0. The van der Waals surface area contributed by atoms with Gasteiger partial charge >= 0.3 is 6.55 Å². The Balaban J connectivity index is 1.34. The highest BCUT2D eigenvalue weighted by Crippen LogP contribution is 2.33. The summed E-state index contributed by atoms with van der Waals surface area (Å²) in [6.07, 6.45) is 1.58. The third kappa shape index (κ3) is 3.95. The average molecular weight is 440 g/mol. The van der Waals surface area contributed by atoms with Gasteiger partial charge in [-0.3, -0.25) is 9.36 Å². The first-order valence-electron chi connectivity index (χ1n) is 11.1. The summed E-state index contributed by atoms with van der Waals surface area (Å²) in [5.41, 5.74) is 2.60. The summed E-state index contributed by atoms with van der Waals surface area (Å²) < 4.78 is 34.1. The van der Waals surface area contributed by atoms with Crippen LogP contribution in [0, 0.1) is 5.92 Å². The van der Waals surface area contributed by atoms with Crippen LogP contribution < -0.4 is 4.90 Å². The van der Waals surface area contributed by atoms with Gasteiger partial charge in [0.15, 0.2) is 0 Å². The monoisotopic (exact) mass is 440 g/mol. The Morgan fingerprint density at radius 2 is 1.75 bits per heavy atom. The number of nitrogens with zero attached hydrogens (tertiary/aromatic N) is 4. The molecule has 2 aliphatic rings. The van der Waals surface area contributed by atoms with Crippen LogP contribution in [0.15, 0.2) is 48.5 Å². The lowest BCUT2D eigenvalue weighted by Crippen LogP contribution is -2.46. The first kappa shape index (κ1) is 20.9. The largest absolute Gasteiger partial charge is 0.378 e. The molecule has 2 aliphatic heterocycles. The Hall–Kier alpha value is -3.00. The van der Waals surface area contributed by atoms with Crippen LogP contribution in [0.5, 0.6) is 0 Å². The zero-order valence-electron chi connectivity index (χ0n) is 17.8. The van der Waals surface area contributed by atoms with Crippen LogP contribution >= 0.6 is 0 Å². The minimum Gasteiger partial charge on any atom is -0.378 e. The molecule has 3 heterocycles. The summed E-state index contributed by atoms with van der Waals surface area (Å²) in [4.78, 5) is 21.4. The van der Waals surface area contributed by atoms with Gasteiger partial charge in [0.25, 0.3) is 0 Å². The first-order chi connectivity index (χ1) is 15.6. The number of imidazole rings is 1. The van der Waals surface area contributed by atoms with E-state index in [9.17, 15) is 13.6 Å². The minimum absolute atomic E-state index is 0.0376. The fraction of sp³-hybridized carbons (Fsp3) is 0.417. The molecule has 2 saturated heterocycles. The molecule has 2 aromatic carbocycles. The van der Waals surface area contributed by atoms with Crippen molar-refractivity contribution in [1.82, 2.24) is 14.5 Å². The number of ether oxygens (including phenoxy) is 1. The molecule has 0 saturated carbocycles. The number of morpholine rings is 1. The second-order valence-corrected chi connectivity index (χ2v) is 8.32. The first-order valence-corrected chi connectivity index (χ1v) is 11.1. The van der Waals surface area contributed by atoms with Crippen molar-refractivity contribution in [2.45, 2.75) is 19.4 Å². The van der Waals surface area contributed by atoms with Crippen molar-refractivity contribution >= 4 is 22.6 Å². The second kappa shape index (κ2) is 8.86. The predicted molar refractivity (Wildman–Crippen MR) is 119 cm³/mol. The summed E-state index contributed by atoms with van der Waals surface area (Å²) in [5, 5.41) is 0. The maximum atomic E-state index is 13.9. The van der Waals surface area contributed by atoms with Gasteiger partial charge in [-0.25, -0.2) is 4.98 Å². The number of benzene rings is 2. The number of hydrogen-bond acceptors (Lipinski definition) is 4. The van der Waals surface area contributed by atoms with Crippen LogP contribution in [0.3, 0.4) is 0 Å². The Kier molecular flexibility index (Phi) is 5.78. The molecule has 1 aromatic heterocycles. The zero-order chi connectivity index (χ0) is 22.1. The summed E-state index contributed by atoms with van der Waals surface area (Å²) in [7, 11) is 0. The number of amides is 1. The van der Waals surface area contributed by atoms with Gasteiger partial charge in [0.2, 0.25) is 5.91 Å². The highest BCUT2D eigenvalue weighted by atomic mass is 19.3.